The Morgan fingerprint density at radius 2 is 1.59 bits per heavy atom. The summed E-state index contributed by atoms with van der Waals surface area (Å²) in [6, 6.07) is 14.4. The first-order chi connectivity index (χ1) is 16.1. The molecule has 3 aromatic carbocycles. The first-order valence-corrected chi connectivity index (χ1v) is 11.4. The van der Waals surface area contributed by atoms with Crippen molar-refractivity contribution < 1.29 is 35.9 Å². The molecule has 10 heteroatoms. The fourth-order valence-corrected chi connectivity index (χ4v) is 5.15. The van der Waals surface area contributed by atoms with Crippen molar-refractivity contribution in [3.8, 4) is 11.5 Å². The number of ether oxygens (including phenoxy) is 2. The number of hydrogen-bond donors (Lipinski definition) is 0. The number of para-hydroxylation sites is 1. The number of alkyl halides is 3. The van der Waals surface area contributed by atoms with Crippen LogP contribution < -0.4 is 14.4 Å². The third-order valence-electron chi connectivity index (χ3n) is 5.27. The van der Waals surface area contributed by atoms with Gasteiger partial charge in [0.25, 0.3) is 0 Å². The molecule has 34 heavy (non-hydrogen) atoms. The number of methoxy groups -OCH3 is 2. The Morgan fingerprint density at radius 1 is 0.882 bits per heavy atom. The number of rotatable bonds is 5. The second-order valence-corrected chi connectivity index (χ2v) is 9.17. The monoisotopic (exact) mass is 489 g/mol. The van der Waals surface area contributed by atoms with Crippen molar-refractivity contribution in [2.75, 3.05) is 19.1 Å². The van der Waals surface area contributed by atoms with Crippen molar-refractivity contribution in [1.82, 2.24) is 0 Å². The van der Waals surface area contributed by atoms with Gasteiger partial charge in [-0.25, -0.2) is 8.42 Å². The van der Waals surface area contributed by atoms with Gasteiger partial charge in [0.05, 0.1) is 30.4 Å². The lowest BCUT2D eigenvalue weighted by molar-refractivity contribution is -0.137. The van der Waals surface area contributed by atoms with Crippen molar-refractivity contribution in [1.29, 1.82) is 0 Å². The fourth-order valence-electron chi connectivity index (χ4n) is 3.60. The van der Waals surface area contributed by atoms with Gasteiger partial charge in [0.1, 0.15) is 4.91 Å². The van der Waals surface area contributed by atoms with Crippen LogP contribution in [0.15, 0.2) is 82.7 Å². The molecule has 0 bridgehead atoms. The number of benzene rings is 3. The number of sulfone groups is 1. The number of halogens is 3. The minimum atomic E-state index is -4.60. The predicted octanol–water partition coefficient (Wildman–Crippen LogP) is 5.37. The first kappa shape index (κ1) is 23.4. The van der Waals surface area contributed by atoms with Gasteiger partial charge in [-0.3, -0.25) is 4.79 Å². The van der Waals surface area contributed by atoms with E-state index in [2.05, 4.69) is 0 Å². The highest BCUT2D eigenvalue weighted by Gasteiger charge is 2.37. The summed E-state index contributed by atoms with van der Waals surface area (Å²) in [6.45, 7) is 0. The second-order valence-electron chi connectivity index (χ2n) is 7.28. The van der Waals surface area contributed by atoms with Crippen molar-refractivity contribution in [2.24, 2.45) is 0 Å². The van der Waals surface area contributed by atoms with Crippen LogP contribution >= 0.6 is 0 Å². The molecule has 0 fully saturated rings. The lowest BCUT2D eigenvalue weighted by Gasteiger charge is -2.29. The number of carbonyl (C=O) groups is 1. The number of nitrogens with zero attached hydrogens (tertiary/aromatic N) is 1. The molecule has 3 aromatic rings. The molecule has 6 nitrogen and oxygen atoms in total. The highest BCUT2D eigenvalue weighted by Crippen LogP contribution is 2.42. The fraction of sp³-hybridized carbons (Fsp3) is 0.125. The molecular formula is C24H18F3NO5S. The Hall–Kier alpha value is -3.79. The first-order valence-electron chi connectivity index (χ1n) is 9.87. The van der Waals surface area contributed by atoms with Crippen LogP contribution in [0.2, 0.25) is 0 Å². The largest absolute Gasteiger partial charge is 0.493 e. The lowest BCUT2D eigenvalue weighted by atomic mass is 10.1. The van der Waals surface area contributed by atoms with E-state index in [-0.39, 0.29) is 27.6 Å². The number of anilines is 2. The van der Waals surface area contributed by atoms with Crippen molar-refractivity contribution >= 4 is 27.0 Å². The van der Waals surface area contributed by atoms with Gasteiger partial charge in [-0.15, -0.1) is 0 Å². The summed E-state index contributed by atoms with van der Waals surface area (Å²) in [4.78, 5) is 13.8. The maximum Gasteiger partial charge on any atom is 0.416 e. The molecule has 0 aromatic heterocycles. The minimum absolute atomic E-state index is 0.0100. The van der Waals surface area contributed by atoms with Gasteiger partial charge in [-0.05, 0) is 48.5 Å². The van der Waals surface area contributed by atoms with Crippen LogP contribution in [-0.2, 0) is 16.0 Å². The van der Waals surface area contributed by atoms with Crippen molar-refractivity contribution in [3.63, 3.8) is 0 Å². The molecule has 0 radical (unpaired) electrons. The Balaban J connectivity index is 1.90. The second kappa shape index (κ2) is 8.53. The number of Topliss-reactive ketones (excluding diaryl/α,β-unsaturated/α-hetero) is 1. The molecule has 0 aliphatic carbocycles. The van der Waals surface area contributed by atoms with Gasteiger partial charge in [-0.1, -0.05) is 18.2 Å². The van der Waals surface area contributed by atoms with E-state index >= 15 is 0 Å². The van der Waals surface area contributed by atoms with E-state index in [1.807, 2.05) is 0 Å². The zero-order chi connectivity index (χ0) is 24.7. The minimum Gasteiger partial charge on any atom is -0.493 e. The van der Waals surface area contributed by atoms with Gasteiger partial charge in [-0.2, -0.15) is 13.2 Å². The van der Waals surface area contributed by atoms with E-state index in [1.165, 1.54) is 67.7 Å². The smallest absolute Gasteiger partial charge is 0.416 e. The molecule has 0 saturated heterocycles. The van der Waals surface area contributed by atoms with Crippen LogP contribution in [-0.4, -0.2) is 28.4 Å². The van der Waals surface area contributed by atoms with E-state index in [9.17, 15) is 26.4 Å². The van der Waals surface area contributed by atoms with Crippen LogP contribution in [0.5, 0.6) is 11.5 Å². The Morgan fingerprint density at radius 3 is 2.26 bits per heavy atom. The molecule has 1 aliphatic heterocycles. The highest BCUT2D eigenvalue weighted by atomic mass is 32.2. The molecule has 0 amide bonds. The summed E-state index contributed by atoms with van der Waals surface area (Å²) >= 11 is 0. The lowest BCUT2D eigenvalue weighted by Crippen LogP contribution is -2.26. The van der Waals surface area contributed by atoms with Gasteiger partial charge >= 0.3 is 6.18 Å². The average molecular weight is 489 g/mol. The van der Waals surface area contributed by atoms with E-state index in [4.69, 9.17) is 9.47 Å². The topological polar surface area (TPSA) is 72.9 Å². The van der Waals surface area contributed by atoms with Gasteiger partial charge < -0.3 is 14.4 Å². The standard InChI is InChI=1S/C24H18F3NO5S/c1-32-19-11-10-15(12-20(19)33-2)23(29)22-14-28(17-7-5-6-16(13-17)24(25,26)27)18-8-3-4-9-21(18)34(22,30)31/h3-14H,1-2H3. The Bertz CT molecular complexity index is 1410. The summed E-state index contributed by atoms with van der Waals surface area (Å²) in [6.07, 6.45) is -3.55. The Kier molecular flexibility index (Phi) is 5.86. The van der Waals surface area contributed by atoms with E-state index in [0.29, 0.717) is 5.75 Å². The molecule has 1 aliphatic rings. The average Bonchev–Trinajstić information content (AvgIpc) is 2.83. The number of ketones is 1. The van der Waals surface area contributed by atoms with Crippen LogP contribution in [0.3, 0.4) is 0 Å². The third kappa shape index (κ3) is 4.01. The Labute approximate surface area is 193 Å². The number of fused-ring (bicyclic) bond motifs is 1. The SMILES string of the molecule is COc1ccc(C(=O)C2=CN(c3cccc(C(F)(F)F)c3)c3ccccc3S2(=O)=O)cc1OC. The molecule has 4 rings (SSSR count). The molecule has 0 N–H and O–H groups in total. The number of carbonyl (C=O) groups excluding carboxylic acids is 1. The predicted molar refractivity (Wildman–Crippen MR) is 119 cm³/mol. The van der Waals surface area contributed by atoms with E-state index in [1.54, 1.807) is 6.07 Å². The maximum absolute atomic E-state index is 13.3. The summed E-state index contributed by atoms with van der Waals surface area (Å²) in [5, 5.41) is 0. The summed E-state index contributed by atoms with van der Waals surface area (Å²) in [7, 11) is -1.49. The maximum atomic E-state index is 13.3. The molecular weight excluding hydrogens is 471 g/mol. The van der Waals surface area contributed by atoms with Crippen LogP contribution in [0.25, 0.3) is 0 Å². The molecule has 0 saturated carbocycles. The third-order valence-corrected chi connectivity index (χ3v) is 7.07. The van der Waals surface area contributed by atoms with Crippen molar-refractivity contribution in [3.05, 3.63) is 89.0 Å². The van der Waals surface area contributed by atoms with Gasteiger partial charge in [0.15, 0.2) is 11.5 Å². The highest BCUT2D eigenvalue weighted by molar-refractivity contribution is 7.96. The van der Waals surface area contributed by atoms with Crippen LogP contribution in [0.4, 0.5) is 24.5 Å². The molecule has 0 spiro atoms. The quantitative estimate of drug-likeness (QED) is 0.449. The summed E-state index contributed by atoms with van der Waals surface area (Å²) < 4.78 is 77.0. The molecule has 0 unspecified atom stereocenters. The van der Waals surface area contributed by atoms with E-state index < -0.39 is 32.3 Å². The van der Waals surface area contributed by atoms with E-state index in [0.717, 1.165) is 18.3 Å². The molecule has 176 valence electrons. The van der Waals surface area contributed by atoms with Crippen LogP contribution in [0, 0.1) is 0 Å². The number of allylic oxidation sites excluding steroid dienone is 1. The van der Waals surface area contributed by atoms with Crippen molar-refractivity contribution in [2.45, 2.75) is 11.1 Å². The zero-order valence-electron chi connectivity index (χ0n) is 18.0. The van der Waals surface area contributed by atoms with Gasteiger partial charge in [0, 0.05) is 17.5 Å². The zero-order valence-corrected chi connectivity index (χ0v) is 18.8. The van der Waals surface area contributed by atoms with Crippen LogP contribution in [0.1, 0.15) is 15.9 Å². The normalized spacial score (nSPS) is 14.7. The summed E-state index contributed by atoms with van der Waals surface area (Å²) in [5.41, 5.74) is -0.714. The van der Waals surface area contributed by atoms with Gasteiger partial charge in [0.2, 0.25) is 15.6 Å². The number of hydrogen-bond acceptors (Lipinski definition) is 6. The summed E-state index contributed by atoms with van der Waals surface area (Å²) in [5.74, 6) is -0.278. The molecule has 1 heterocycles. The molecule has 0 atom stereocenters.